The van der Waals surface area contributed by atoms with Gasteiger partial charge in [0.1, 0.15) is 0 Å². The normalized spacial score (nSPS) is 20.9. The molecule has 2 aliphatic rings. The van der Waals surface area contributed by atoms with Gasteiger partial charge in [-0.25, -0.2) is 0 Å². The van der Waals surface area contributed by atoms with Crippen LogP contribution < -0.4 is 5.32 Å². The van der Waals surface area contributed by atoms with Crippen LogP contribution in [-0.4, -0.2) is 79.4 Å². The van der Waals surface area contributed by atoms with E-state index in [0.29, 0.717) is 12.5 Å². The summed E-state index contributed by atoms with van der Waals surface area (Å²) in [6.07, 6.45) is 3.96. The maximum atomic E-state index is 9.61. The Kier molecular flexibility index (Phi) is 12.0. The van der Waals surface area contributed by atoms with E-state index in [2.05, 4.69) is 46.3 Å². The van der Waals surface area contributed by atoms with Gasteiger partial charge in [-0.05, 0) is 44.7 Å². The van der Waals surface area contributed by atoms with Gasteiger partial charge in [0.2, 0.25) is 0 Å². The quantitative estimate of drug-likeness (QED) is 0.223. The van der Waals surface area contributed by atoms with E-state index in [9.17, 15) is 5.11 Å². The summed E-state index contributed by atoms with van der Waals surface area (Å²) in [6, 6.07) is 10.4. The SMILES string of the molecule is CCNC(=NCCCN1CCC(O)CC1)N1CCC(COCc2ccccc2)C1.I. The Morgan fingerprint density at radius 2 is 1.93 bits per heavy atom. The molecule has 3 rings (SSSR count). The highest BCUT2D eigenvalue weighted by Crippen LogP contribution is 2.17. The molecular formula is C23H39IN4O2. The van der Waals surface area contributed by atoms with Crippen molar-refractivity contribution < 1.29 is 9.84 Å². The number of nitrogens with zero attached hydrogens (tertiary/aromatic N) is 3. The summed E-state index contributed by atoms with van der Waals surface area (Å²) in [6.45, 7) is 10.6. The van der Waals surface area contributed by atoms with Crippen molar-refractivity contribution in [2.24, 2.45) is 10.9 Å². The summed E-state index contributed by atoms with van der Waals surface area (Å²) in [4.78, 5) is 9.71. The summed E-state index contributed by atoms with van der Waals surface area (Å²) in [5.41, 5.74) is 1.24. The van der Waals surface area contributed by atoms with E-state index in [1.54, 1.807) is 0 Å². The van der Waals surface area contributed by atoms with Crippen molar-refractivity contribution in [3.8, 4) is 0 Å². The minimum absolute atomic E-state index is 0. The molecule has 0 aromatic heterocycles. The number of guanidine groups is 1. The van der Waals surface area contributed by atoms with Crippen LogP contribution in [0, 0.1) is 5.92 Å². The Morgan fingerprint density at radius 1 is 1.17 bits per heavy atom. The van der Waals surface area contributed by atoms with Gasteiger partial charge in [0.05, 0.1) is 19.3 Å². The summed E-state index contributed by atoms with van der Waals surface area (Å²) >= 11 is 0. The van der Waals surface area contributed by atoms with E-state index >= 15 is 0 Å². The summed E-state index contributed by atoms with van der Waals surface area (Å²) in [5.74, 6) is 1.62. The lowest BCUT2D eigenvalue weighted by molar-refractivity contribution is 0.0824. The predicted octanol–water partition coefficient (Wildman–Crippen LogP) is 2.96. The molecule has 2 fully saturated rings. The fourth-order valence-electron chi connectivity index (χ4n) is 4.13. The molecule has 7 heteroatoms. The van der Waals surface area contributed by atoms with E-state index in [-0.39, 0.29) is 30.1 Å². The summed E-state index contributed by atoms with van der Waals surface area (Å²) in [5, 5.41) is 13.1. The number of nitrogens with one attached hydrogen (secondary N) is 1. The third kappa shape index (κ3) is 8.69. The summed E-state index contributed by atoms with van der Waals surface area (Å²) in [7, 11) is 0. The molecule has 0 amide bonds. The van der Waals surface area contributed by atoms with Crippen molar-refractivity contribution in [2.45, 2.75) is 45.3 Å². The lowest BCUT2D eigenvalue weighted by Gasteiger charge is -2.29. The highest BCUT2D eigenvalue weighted by Gasteiger charge is 2.25. The van der Waals surface area contributed by atoms with Gasteiger partial charge in [-0.15, -0.1) is 24.0 Å². The Bertz CT molecular complexity index is 608. The van der Waals surface area contributed by atoms with Gasteiger partial charge in [-0.1, -0.05) is 30.3 Å². The van der Waals surface area contributed by atoms with E-state index in [0.717, 1.165) is 84.1 Å². The third-order valence-corrected chi connectivity index (χ3v) is 5.84. The molecule has 0 bridgehead atoms. The number of aliphatic hydroxyl groups is 1. The number of ether oxygens (including phenoxy) is 1. The molecule has 0 aliphatic carbocycles. The Balaban J connectivity index is 0.00000320. The largest absolute Gasteiger partial charge is 0.393 e. The number of hydrogen-bond acceptors (Lipinski definition) is 4. The molecule has 2 aliphatic heterocycles. The first-order valence-electron chi connectivity index (χ1n) is 11.3. The van der Waals surface area contributed by atoms with Crippen molar-refractivity contribution in [1.29, 1.82) is 0 Å². The number of aliphatic imine (C=N–C) groups is 1. The van der Waals surface area contributed by atoms with Crippen LogP contribution in [0.2, 0.25) is 0 Å². The van der Waals surface area contributed by atoms with Crippen LogP contribution in [0.25, 0.3) is 0 Å². The number of aliphatic hydroxyl groups excluding tert-OH is 1. The molecule has 2 N–H and O–H groups in total. The lowest BCUT2D eigenvalue weighted by atomic mass is 10.1. The molecule has 0 saturated carbocycles. The van der Waals surface area contributed by atoms with Gasteiger partial charge in [-0.3, -0.25) is 4.99 Å². The van der Waals surface area contributed by atoms with E-state index in [1.165, 1.54) is 5.56 Å². The average molecular weight is 530 g/mol. The second-order valence-corrected chi connectivity index (χ2v) is 8.26. The van der Waals surface area contributed by atoms with Gasteiger partial charge in [0.15, 0.2) is 5.96 Å². The van der Waals surface area contributed by atoms with Crippen LogP contribution in [0.1, 0.15) is 38.2 Å². The minimum atomic E-state index is -0.0931. The second-order valence-electron chi connectivity index (χ2n) is 8.26. The van der Waals surface area contributed by atoms with Gasteiger partial charge in [-0.2, -0.15) is 0 Å². The first kappa shape index (κ1) is 25.4. The van der Waals surface area contributed by atoms with Crippen LogP contribution in [0.3, 0.4) is 0 Å². The third-order valence-electron chi connectivity index (χ3n) is 5.84. The van der Waals surface area contributed by atoms with Crippen molar-refractivity contribution >= 4 is 29.9 Å². The fourth-order valence-corrected chi connectivity index (χ4v) is 4.13. The molecular weight excluding hydrogens is 491 g/mol. The number of hydrogen-bond donors (Lipinski definition) is 2. The number of rotatable bonds is 9. The van der Waals surface area contributed by atoms with Crippen LogP contribution >= 0.6 is 24.0 Å². The molecule has 1 atom stereocenters. The first-order chi connectivity index (χ1) is 14.2. The number of benzene rings is 1. The molecule has 170 valence electrons. The molecule has 30 heavy (non-hydrogen) atoms. The van der Waals surface area contributed by atoms with Crippen molar-refractivity contribution in [1.82, 2.24) is 15.1 Å². The Labute approximate surface area is 199 Å². The standard InChI is InChI=1S/C23H38N4O2.HI/c1-2-24-23(25-12-6-13-26-14-10-22(28)11-15-26)27-16-9-21(17-27)19-29-18-20-7-4-3-5-8-20;/h3-5,7-8,21-22,28H,2,6,9-19H2,1H3,(H,24,25);1H. The number of likely N-dealkylation sites (tertiary alicyclic amines) is 2. The van der Waals surface area contributed by atoms with Crippen LogP contribution in [0.15, 0.2) is 35.3 Å². The van der Waals surface area contributed by atoms with Crippen LogP contribution in [0.5, 0.6) is 0 Å². The zero-order valence-corrected chi connectivity index (χ0v) is 20.7. The molecule has 6 nitrogen and oxygen atoms in total. The van der Waals surface area contributed by atoms with Gasteiger partial charge < -0.3 is 25.0 Å². The molecule has 1 aromatic rings. The van der Waals surface area contributed by atoms with Gasteiger partial charge in [0.25, 0.3) is 0 Å². The van der Waals surface area contributed by atoms with Crippen LogP contribution in [-0.2, 0) is 11.3 Å². The molecule has 1 unspecified atom stereocenters. The molecule has 0 spiro atoms. The fraction of sp³-hybridized carbons (Fsp3) is 0.696. The number of halogens is 1. The second kappa shape index (κ2) is 14.2. The topological polar surface area (TPSA) is 60.3 Å². The molecule has 1 aromatic carbocycles. The van der Waals surface area contributed by atoms with Gasteiger partial charge >= 0.3 is 0 Å². The monoisotopic (exact) mass is 530 g/mol. The van der Waals surface area contributed by atoms with Crippen LogP contribution in [0.4, 0.5) is 0 Å². The highest BCUT2D eigenvalue weighted by atomic mass is 127. The molecule has 2 saturated heterocycles. The minimum Gasteiger partial charge on any atom is -0.393 e. The smallest absolute Gasteiger partial charge is 0.193 e. The van der Waals surface area contributed by atoms with E-state index in [1.807, 2.05) is 6.07 Å². The zero-order valence-electron chi connectivity index (χ0n) is 18.3. The van der Waals surface area contributed by atoms with E-state index < -0.39 is 0 Å². The molecule has 2 heterocycles. The lowest BCUT2D eigenvalue weighted by Crippen LogP contribution is -2.40. The van der Waals surface area contributed by atoms with Crippen molar-refractivity contribution in [2.75, 3.05) is 52.4 Å². The van der Waals surface area contributed by atoms with Crippen molar-refractivity contribution in [3.63, 3.8) is 0 Å². The Hall–Kier alpha value is -0.900. The maximum Gasteiger partial charge on any atom is 0.193 e. The van der Waals surface area contributed by atoms with Crippen molar-refractivity contribution in [3.05, 3.63) is 35.9 Å². The predicted molar refractivity (Wildman–Crippen MR) is 133 cm³/mol. The zero-order chi connectivity index (χ0) is 20.3. The molecule has 0 radical (unpaired) electrons. The number of piperidine rings is 1. The maximum absolute atomic E-state index is 9.61. The first-order valence-corrected chi connectivity index (χ1v) is 11.3. The average Bonchev–Trinajstić information content (AvgIpc) is 3.21. The van der Waals surface area contributed by atoms with Gasteiger partial charge in [0, 0.05) is 45.2 Å². The van der Waals surface area contributed by atoms with E-state index in [4.69, 9.17) is 9.73 Å². The summed E-state index contributed by atoms with van der Waals surface area (Å²) < 4.78 is 5.95. The highest BCUT2D eigenvalue weighted by molar-refractivity contribution is 14.0. The Morgan fingerprint density at radius 3 is 2.67 bits per heavy atom.